The Labute approximate surface area is 340 Å². The van der Waals surface area contributed by atoms with Gasteiger partial charge in [-0.05, 0) is 72.5 Å². The molecule has 4 N–H and O–H groups in total. The lowest BCUT2D eigenvalue weighted by atomic mass is 10.1. The van der Waals surface area contributed by atoms with Crippen molar-refractivity contribution in [3.63, 3.8) is 0 Å². The zero-order valence-corrected chi connectivity index (χ0v) is 32.3. The summed E-state index contributed by atoms with van der Waals surface area (Å²) in [4.78, 5) is 27.5. The quantitative estimate of drug-likeness (QED) is 0.122. The lowest BCUT2D eigenvalue weighted by Gasteiger charge is -2.27. The van der Waals surface area contributed by atoms with Crippen LogP contribution in [0.1, 0.15) is 24.0 Å². The van der Waals surface area contributed by atoms with E-state index in [0.717, 1.165) is 96.7 Å². The van der Waals surface area contributed by atoms with E-state index in [-0.39, 0.29) is 17.8 Å². The van der Waals surface area contributed by atoms with E-state index >= 15 is 0 Å². The molecule has 2 fully saturated rings. The maximum Gasteiger partial charge on any atom is 0.249 e. The van der Waals surface area contributed by atoms with E-state index in [1.807, 2.05) is 97.2 Å². The smallest absolute Gasteiger partial charge is 0.249 e. The minimum Gasteiger partial charge on any atom is -0.489 e. The van der Waals surface area contributed by atoms with Crippen molar-refractivity contribution in [1.29, 1.82) is 0 Å². The second-order valence-electron chi connectivity index (χ2n) is 14.4. The molecular formula is C45H43N11O3. The zero-order chi connectivity index (χ0) is 40.0. The molecule has 6 heterocycles. The Morgan fingerprint density at radius 1 is 0.729 bits per heavy atom. The number of para-hydroxylation sites is 1. The molecule has 1 amide bonds. The summed E-state index contributed by atoms with van der Waals surface area (Å²) in [6, 6.07) is 42.1. The topological polar surface area (TPSA) is 162 Å². The summed E-state index contributed by atoms with van der Waals surface area (Å²) >= 11 is 0. The summed E-state index contributed by atoms with van der Waals surface area (Å²) in [6.45, 7) is 4.53. The number of nitrogens with zero attached hydrogens (tertiary/aromatic N) is 8. The first kappa shape index (κ1) is 37.3. The van der Waals surface area contributed by atoms with Crippen LogP contribution >= 0.6 is 0 Å². The number of benzene rings is 3. The highest BCUT2D eigenvalue weighted by Crippen LogP contribution is 2.30. The highest BCUT2D eigenvalue weighted by atomic mass is 16.5. The predicted molar refractivity (Wildman–Crippen MR) is 228 cm³/mol. The number of rotatable bonds is 11. The van der Waals surface area contributed by atoms with Gasteiger partial charge in [0, 0.05) is 36.7 Å². The fourth-order valence-corrected chi connectivity index (χ4v) is 6.80. The molecule has 2 aliphatic rings. The van der Waals surface area contributed by atoms with E-state index in [0.29, 0.717) is 18.2 Å². The van der Waals surface area contributed by atoms with E-state index in [1.165, 1.54) is 5.56 Å². The van der Waals surface area contributed by atoms with E-state index < -0.39 is 0 Å². The number of nitrogens with one attached hydrogen (secondary N) is 2. The van der Waals surface area contributed by atoms with Crippen molar-refractivity contribution in [2.45, 2.75) is 26.0 Å². The van der Waals surface area contributed by atoms with Crippen molar-refractivity contribution in [3.05, 3.63) is 145 Å². The van der Waals surface area contributed by atoms with Gasteiger partial charge in [-0.25, -0.2) is 14.0 Å². The Balaban J connectivity index is 0.000000152. The van der Waals surface area contributed by atoms with Crippen molar-refractivity contribution in [2.75, 3.05) is 47.6 Å². The van der Waals surface area contributed by atoms with Gasteiger partial charge in [0.1, 0.15) is 18.2 Å². The average molecular weight is 786 g/mol. The number of nitrogens with two attached hydrogens (primary N) is 1. The van der Waals surface area contributed by atoms with E-state index in [4.69, 9.17) is 15.2 Å². The number of carbonyl (C=O) groups is 1. The fraction of sp³-hybridized carbons (Fsp3) is 0.200. The molecule has 0 spiro atoms. The number of ether oxygens (including phenoxy) is 2. The summed E-state index contributed by atoms with van der Waals surface area (Å²) in [5.74, 6) is 2.59. The molecule has 1 saturated carbocycles. The van der Waals surface area contributed by atoms with Gasteiger partial charge in [-0.15, -0.1) is 10.2 Å². The highest BCUT2D eigenvalue weighted by Gasteiger charge is 2.30. The molecule has 0 atom stereocenters. The molecule has 0 unspecified atom stereocenters. The first-order chi connectivity index (χ1) is 29.0. The van der Waals surface area contributed by atoms with Crippen LogP contribution in [0.15, 0.2) is 134 Å². The van der Waals surface area contributed by atoms with E-state index in [2.05, 4.69) is 77.1 Å². The molecule has 3 aromatic carbocycles. The number of amides is 1. The molecule has 1 aliphatic carbocycles. The van der Waals surface area contributed by atoms with Gasteiger partial charge in [-0.1, -0.05) is 78.9 Å². The third-order valence-corrected chi connectivity index (χ3v) is 10.1. The zero-order valence-electron chi connectivity index (χ0n) is 32.3. The number of hydrogen-bond donors (Lipinski definition) is 3. The van der Waals surface area contributed by atoms with Crippen LogP contribution in [0.4, 0.5) is 23.4 Å². The number of morpholine rings is 1. The van der Waals surface area contributed by atoms with Gasteiger partial charge in [-0.3, -0.25) is 10.1 Å². The van der Waals surface area contributed by atoms with Gasteiger partial charge < -0.3 is 25.4 Å². The number of nitrogen functional groups attached to an aromatic ring is 1. The second-order valence-corrected chi connectivity index (χ2v) is 14.4. The molecule has 5 aromatic heterocycles. The third-order valence-electron chi connectivity index (χ3n) is 10.1. The van der Waals surface area contributed by atoms with E-state index in [9.17, 15) is 4.79 Å². The number of aromatic nitrogens is 7. The van der Waals surface area contributed by atoms with Crippen LogP contribution in [0.2, 0.25) is 0 Å². The Hall–Kier alpha value is -7.32. The Morgan fingerprint density at radius 3 is 2.05 bits per heavy atom. The van der Waals surface area contributed by atoms with Gasteiger partial charge in [0.25, 0.3) is 0 Å². The van der Waals surface area contributed by atoms with Crippen molar-refractivity contribution in [3.8, 4) is 28.3 Å². The molecule has 296 valence electrons. The molecular weight excluding hydrogens is 743 g/mol. The van der Waals surface area contributed by atoms with Crippen LogP contribution in [0.3, 0.4) is 0 Å². The lowest BCUT2D eigenvalue weighted by Crippen LogP contribution is -2.36. The van der Waals surface area contributed by atoms with Crippen LogP contribution < -0.4 is 26.0 Å². The van der Waals surface area contributed by atoms with Gasteiger partial charge in [0.05, 0.1) is 36.5 Å². The summed E-state index contributed by atoms with van der Waals surface area (Å²) in [5, 5.41) is 15.0. The lowest BCUT2D eigenvalue weighted by molar-refractivity contribution is -0.117. The molecule has 14 nitrogen and oxygen atoms in total. The Morgan fingerprint density at radius 2 is 1.39 bits per heavy atom. The van der Waals surface area contributed by atoms with Gasteiger partial charge >= 0.3 is 0 Å². The van der Waals surface area contributed by atoms with Crippen LogP contribution in [0.25, 0.3) is 33.8 Å². The molecule has 59 heavy (non-hydrogen) atoms. The second kappa shape index (κ2) is 17.0. The first-order valence-electron chi connectivity index (χ1n) is 19.7. The van der Waals surface area contributed by atoms with E-state index in [1.54, 1.807) is 9.03 Å². The van der Waals surface area contributed by atoms with Crippen molar-refractivity contribution in [1.82, 2.24) is 34.2 Å². The molecule has 10 rings (SSSR count). The molecule has 0 bridgehead atoms. The SMILES string of the molecule is Nc1nc2cccc(-c3ccc(CNc4ccc(N5CCOCC5)nc4)cc3)n2n1.O=C(Nc1nc2cccc(-c3ccc(COc4ccccc4)cc3)n2n1)C1CC1. The maximum absolute atomic E-state index is 12.0. The third kappa shape index (κ3) is 8.97. The largest absolute Gasteiger partial charge is 0.489 e. The monoisotopic (exact) mass is 785 g/mol. The van der Waals surface area contributed by atoms with Gasteiger partial charge in [0.2, 0.25) is 17.8 Å². The number of pyridine rings is 3. The maximum atomic E-state index is 12.0. The fourth-order valence-electron chi connectivity index (χ4n) is 6.80. The first-order valence-corrected chi connectivity index (χ1v) is 19.7. The van der Waals surface area contributed by atoms with Gasteiger partial charge in [0.15, 0.2) is 11.3 Å². The van der Waals surface area contributed by atoms with Crippen LogP contribution in [0, 0.1) is 5.92 Å². The summed E-state index contributed by atoms with van der Waals surface area (Å²) < 4.78 is 14.7. The molecule has 14 heteroatoms. The van der Waals surface area contributed by atoms with Gasteiger partial charge in [-0.2, -0.15) is 9.97 Å². The molecule has 0 radical (unpaired) electrons. The van der Waals surface area contributed by atoms with Crippen molar-refractivity contribution in [2.24, 2.45) is 5.92 Å². The number of fused-ring (bicyclic) bond motifs is 2. The van der Waals surface area contributed by atoms with Crippen LogP contribution in [-0.4, -0.2) is 66.4 Å². The Kier molecular flexibility index (Phi) is 10.8. The minimum absolute atomic E-state index is 0.00484. The summed E-state index contributed by atoms with van der Waals surface area (Å²) in [5.41, 5.74) is 14.4. The van der Waals surface area contributed by atoms with Crippen molar-refractivity contribution >= 4 is 40.6 Å². The number of anilines is 4. The summed E-state index contributed by atoms with van der Waals surface area (Å²) in [6.07, 6.45) is 3.78. The van der Waals surface area contributed by atoms with Crippen LogP contribution in [0.5, 0.6) is 5.75 Å². The van der Waals surface area contributed by atoms with Crippen molar-refractivity contribution < 1.29 is 14.3 Å². The minimum atomic E-state index is 0.00484. The standard InChI is InChI=1S/C23H20N4O2.C22H23N7O/c28-22(18-13-14-18)25-23-24-21-8-4-7-20(27(21)26-23)17-11-9-16(10-12-17)15-29-19-5-2-1-3-6-19;23-22-26-21-3-1-2-19(29(21)27-22)17-6-4-16(5-7-17)14-24-18-8-9-20(25-15-18)28-10-12-30-13-11-28/h1-12,18H,13-15H2,(H,25,26,28);1-9,15,24H,10-14H2,(H2,23,27). The molecule has 1 aliphatic heterocycles. The number of carbonyl (C=O) groups excluding carboxylic acids is 1. The van der Waals surface area contributed by atoms with Crippen LogP contribution in [-0.2, 0) is 22.7 Å². The normalized spacial score (nSPS) is 13.8. The molecule has 8 aromatic rings. The Bertz CT molecular complexity index is 2650. The molecule has 1 saturated heterocycles. The highest BCUT2D eigenvalue weighted by molar-refractivity contribution is 5.92. The average Bonchev–Trinajstić information content (AvgIpc) is 3.95. The number of hydrogen-bond acceptors (Lipinski definition) is 11. The summed E-state index contributed by atoms with van der Waals surface area (Å²) in [7, 11) is 0. The predicted octanol–water partition coefficient (Wildman–Crippen LogP) is 7.15.